The summed E-state index contributed by atoms with van der Waals surface area (Å²) in [4.78, 5) is 3.76. The van der Waals surface area contributed by atoms with E-state index >= 15 is 0 Å². The Morgan fingerprint density at radius 3 is 3.09 bits per heavy atom. The van der Waals surface area contributed by atoms with Crippen LogP contribution >= 0.6 is 0 Å². The van der Waals surface area contributed by atoms with Crippen LogP contribution in [0.1, 0.15) is 0 Å². The van der Waals surface area contributed by atoms with E-state index in [1.54, 1.807) is 0 Å². The van der Waals surface area contributed by atoms with Gasteiger partial charge in [0.05, 0.1) is 5.69 Å². The highest BCUT2D eigenvalue weighted by Crippen LogP contribution is 2.18. The second kappa shape index (κ2) is 1.95. The van der Waals surface area contributed by atoms with Crippen molar-refractivity contribution in [1.82, 2.24) is 4.98 Å². The molecule has 2 rings (SSSR count). The molecule has 0 radical (unpaired) electrons. The molecule has 0 saturated heterocycles. The number of benzene rings is 1. The zero-order valence-electron chi connectivity index (χ0n) is 5.54. The first-order valence-electron chi connectivity index (χ1n) is 3.05. The molecular weight excluding hydrogens is 147 g/mol. The Morgan fingerprint density at radius 1 is 1.45 bits per heavy atom. The Bertz CT molecular complexity index is 360. The minimum atomic E-state index is -0.466. The number of fused-ring (bicyclic) bond motifs is 1. The minimum Gasteiger partial charge on any atom is -0.443 e. The molecule has 11 heavy (non-hydrogen) atoms. The Balaban J connectivity index is 2.86. The molecule has 0 atom stereocenters. The average Bonchev–Trinajstić information content (AvgIpc) is 2.36. The topological polar surface area (TPSA) is 52.0 Å². The van der Waals surface area contributed by atoms with Crippen molar-refractivity contribution in [3.05, 3.63) is 24.3 Å². The highest BCUT2D eigenvalue weighted by molar-refractivity contribution is 5.76. The van der Waals surface area contributed by atoms with Gasteiger partial charge in [-0.05, 0) is 0 Å². The van der Waals surface area contributed by atoms with E-state index in [1.165, 1.54) is 18.5 Å². The van der Waals surface area contributed by atoms with E-state index in [0.29, 0.717) is 11.1 Å². The largest absolute Gasteiger partial charge is 0.443 e. The lowest BCUT2D eigenvalue weighted by Gasteiger charge is -1.92. The Morgan fingerprint density at radius 2 is 2.27 bits per heavy atom. The van der Waals surface area contributed by atoms with Crippen molar-refractivity contribution in [2.24, 2.45) is 0 Å². The molecule has 0 saturated carbocycles. The lowest BCUT2D eigenvalue weighted by Crippen LogP contribution is -1.88. The third-order valence-corrected chi connectivity index (χ3v) is 1.45. The highest BCUT2D eigenvalue weighted by atomic mass is 19.1. The number of oxazole rings is 1. The van der Waals surface area contributed by atoms with Gasteiger partial charge in [-0.3, -0.25) is 0 Å². The number of nitrogens with zero attached hydrogens (tertiary/aromatic N) is 1. The molecule has 2 aromatic rings. The van der Waals surface area contributed by atoms with Crippen LogP contribution in [0.25, 0.3) is 11.1 Å². The standard InChI is InChI=1S/C7H5FN2O/c8-4-1-6-7(2-5(4)9)11-3-10-6/h1-3H,9H2. The number of nitrogen functional groups attached to an aromatic ring is 1. The van der Waals surface area contributed by atoms with Gasteiger partial charge in [0.2, 0.25) is 0 Å². The number of rotatable bonds is 0. The van der Waals surface area contributed by atoms with E-state index in [1.807, 2.05) is 0 Å². The van der Waals surface area contributed by atoms with Gasteiger partial charge in [-0.2, -0.15) is 0 Å². The van der Waals surface area contributed by atoms with Gasteiger partial charge >= 0.3 is 0 Å². The van der Waals surface area contributed by atoms with Crippen molar-refractivity contribution in [2.45, 2.75) is 0 Å². The molecule has 0 aliphatic carbocycles. The number of halogens is 1. The summed E-state index contributed by atoms with van der Waals surface area (Å²) < 4.78 is 17.6. The van der Waals surface area contributed by atoms with Crippen LogP contribution < -0.4 is 5.73 Å². The van der Waals surface area contributed by atoms with Crippen molar-refractivity contribution < 1.29 is 8.81 Å². The van der Waals surface area contributed by atoms with Crippen LogP contribution in [0, 0.1) is 5.82 Å². The monoisotopic (exact) mass is 152 g/mol. The van der Waals surface area contributed by atoms with E-state index in [0.717, 1.165) is 0 Å². The lowest BCUT2D eigenvalue weighted by atomic mass is 10.3. The summed E-state index contributed by atoms with van der Waals surface area (Å²) in [6, 6.07) is 2.66. The fourth-order valence-electron chi connectivity index (χ4n) is 0.894. The van der Waals surface area contributed by atoms with Crippen LogP contribution in [0.3, 0.4) is 0 Å². The molecule has 56 valence electrons. The van der Waals surface area contributed by atoms with Crippen molar-refractivity contribution in [1.29, 1.82) is 0 Å². The zero-order valence-corrected chi connectivity index (χ0v) is 5.54. The quantitative estimate of drug-likeness (QED) is 0.582. The smallest absolute Gasteiger partial charge is 0.181 e. The molecule has 0 aliphatic rings. The van der Waals surface area contributed by atoms with Crippen LogP contribution in [0.4, 0.5) is 10.1 Å². The first-order chi connectivity index (χ1) is 5.27. The van der Waals surface area contributed by atoms with E-state index in [4.69, 9.17) is 10.2 Å². The van der Waals surface area contributed by atoms with Gasteiger partial charge < -0.3 is 10.2 Å². The summed E-state index contributed by atoms with van der Waals surface area (Å²) in [5.74, 6) is -0.466. The predicted octanol–water partition coefficient (Wildman–Crippen LogP) is 1.55. The van der Waals surface area contributed by atoms with Crippen LogP contribution in [0.15, 0.2) is 22.9 Å². The number of nitrogens with two attached hydrogens (primary N) is 1. The molecule has 0 spiro atoms. The number of anilines is 1. The van der Waals surface area contributed by atoms with Gasteiger partial charge in [-0.1, -0.05) is 0 Å². The van der Waals surface area contributed by atoms with Crippen molar-refractivity contribution >= 4 is 16.8 Å². The predicted molar refractivity (Wildman–Crippen MR) is 38.4 cm³/mol. The molecule has 0 bridgehead atoms. The van der Waals surface area contributed by atoms with Gasteiger partial charge in [0.15, 0.2) is 12.0 Å². The summed E-state index contributed by atoms with van der Waals surface area (Å²) in [6.45, 7) is 0. The molecule has 1 aromatic carbocycles. The van der Waals surface area contributed by atoms with Crippen LogP contribution in [-0.2, 0) is 0 Å². The Hall–Kier alpha value is -1.58. The zero-order chi connectivity index (χ0) is 7.84. The molecule has 0 fully saturated rings. The van der Waals surface area contributed by atoms with Crippen molar-refractivity contribution in [2.75, 3.05) is 5.73 Å². The summed E-state index contributed by atoms with van der Waals surface area (Å²) in [7, 11) is 0. The molecule has 0 unspecified atom stereocenters. The van der Waals surface area contributed by atoms with Gasteiger partial charge in [0, 0.05) is 12.1 Å². The molecular formula is C7H5FN2O. The molecule has 3 nitrogen and oxygen atoms in total. The summed E-state index contributed by atoms with van der Waals surface area (Å²) in [6.07, 6.45) is 1.25. The molecule has 4 heteroatoms. The fraction of sp³-hybridized carbons (Fsp3) is 0. The summed E-state index contributed by atoms with van der Waals surface area (Å²) in [5, 5.41) is 0. The van der Waals surface area contributed by atoms with Gasteiger partial charge in [0.1, 0.15) is 11.3 Å². The molecule has 0 aliphatic heterocycles. The normalized spacial score (nSPS) is 10.6. The highest BCUT2D eigenvalue weighted by Gasteiger charge is 2.03. The van der Waals surface area contributed by atoms with Gasteiger partial charge in [-0.15, -0.1) is 0 Å². The lowest BCUT2D eigenvalue weighted by molar-refractivity contribution is 0.600. The molecule has 2 N–H and O–H groups in total. The van der Waals surface area contributed by atoms with E-state index < -0.39 is 5.82 Å². The Kier molecular flexibility index (Phi) is 1.09. The van der Waals surface area contributed by atoms with Gasteiger partial charge in [0.25, 0.3) is 0 Å². The van der Waals surface area contributed by atoms with E-state index in [2.05, 4.69) is 4.98 Å². The minimum absolute atomic E-state index is 0.0780. The van der Waals surface area contributed by atoms with Crippen LogP contribution in [0.2, 0.25) is 0 Å². The van der Waals surface area contributed by atoms with E-state index in [-0.39, 0.29) is 5.69 Å². The third-order valence-electron chi connectivity index (χ3n) is 1.45. The Labute approximate surface area is 61.6 Å². The average molecular weight is 152 g/mol. The summed E-state index contributed by atoms with van der Waals surface area (Å²) in [5.41, 5.74) is 6.35. The SMILES string of the molecule is Nc1cc2ocnc2cc1F. The molecule has 1 aromatic heterocycles. The van der Waals surface area contributed by atoms with E-state index in [9.17, 15) is 4.39 Å². The second-order valence-electron chi connectivity index (χ2n) is 2.19. The van der Waals surface area contributed by atoms with Crippen molar-refractivity contribution in [3.63, 3.8) is 0 Å². The van der Waals surface area contributed by atoms with Crippen LogP contribution in [0.5, 0.6) is 0 Å². The number of aromatic nitrogens is 1. The first-order valence-corrected chi connectivity index (χ1v) is 3.05. The first kappa shape index (κ1) is 6.15. The van der Waals surface area contributed by atoms with Crippen LogP contribution in [-0.4, -0.2) is 4.98 Å². The van der Waals surface area contributed by atoms with Gasteiger partial charge in [-0.25, -0.2) is 9.37 Å². The number of hydrogen-bond donors (Lipinski definition) is 1. The van der Waals surface area contributed by atoms with Crippen molar-refractivity contribution in [3.8, 4) is 0 Å². The maximum Gasteiger partial charge on any atom is 0.181 e. The molecule has 1 heterocycles. The number of hydrogen-bond acceptors (Lipinski definition) is 3. The second-order valence-corrected chi connectivity index (χ2v) is 2.19. The fourth-order valence-corrected chi connectivity index (χ4v) is 0.894. The maximum absolute atomic E-state index is 12.7. The maximum atomic E-state index is 12.7. The third kappa shape index (κ3) is 0.832. The summed E-state index contributed by atoms with van der Waals surface area (Å²) >= 11 is 0. The molecule has 0 amide bonds.